The van der Waals surface area contributed by atoms with E-state index < -0.39 is 0 Å². The molecule has 2 aromatic rings. The summed E-state index contributed by atoms with van der Waals surface area (Å²) in [4.78, 5) is 13.9. The molecular weight excluding hydrogens is 274 g/mol. The number of carbonyl (C=O) groups is 1. The van der Waals surface area contributed by atoms with Crippen molar-refractivity contribution in [3.8, 4) is 6.07 Å². The SMILES string of the molecule is N#Cc1ccc(C(=O)c2ccc(C3OCCO3)s2)cc1. The summed E-state index contributed by atoms with van der Waals surface area (Å²) in [5.74, 6) is -0.0521. The lowest BCUT2D eigenvalue weighted by Crippen LogP contribution is -1.98. The van der Waals surface area contributed by atoms with E-state index in [4.69, 9.17) is 14.7 Å². The molecule has 0 aliphatic carbocycles. The monoisotopic (exact) mass is 285 g/mol. The average molecular weight is 285 g/mol. The Morgan fingerprint density at radius 1 is 1.15 bits per heavy atom. The topological polar surface area (TPSA) is 59.3 Å². The summed E-state index contributed by atoms with van der Waals surface area (Å²) in [5.41, 5.74) is 1.12. The van der Waals surface area contributed by atoms with Gasteiger partial charge in [0.1, 0.15) is 0 Å². The number of ketones is 1. The van der Waals surface area contributed by atoms with Crippen LogP contribution in [0.2, 0.25) is 0 Å². The molecule has 1 aliphatic heterocycles. The molecule has 3 rings (SSSR count). The van der Waals surface area contributed by atoms with Crippen LogP contribution in [0.4, 0.5) is 0 Å². The highest BCUT2D eigenvalue weighted by Gasteiger charge is 2.21. The molecule has 4 nitrogen and oxygen atoms in total. The van der Waals surface area contributed by atoms with Crippen LogP contribution in [0.1, 0.15) is 32.0 Å². The van der Waals surface area contributed by atoms with Gasteiger partial charge in [0.05, 0.1) is 34.6 Å². The van der Waals surface area contributed by atoms with E-state index in [0.717, 1.165) is 4.88 Å². The van der Waals surface area contributed by atoms with Gasteiger partial charge in [-0.2, -0.15) is 5.26 Å². The summed E-state index contributed by atoms with van der Waals surface area (Å²) in [6, 6.07) is 12.3. The Balaban J connectivity index is 1.81. The first-order valence-electron chi connectivity index (χ1n) is 6.16. The Morgan fingerprint density at radius 3 is 2.50 bits per heavy atom. The van der Waals surface area contributed by atoms with Crippen LogP contribution in [0, 0.1) is 11.3 Å². The van der Waals surface area contributed by atoms with Gasteiger partial charge in [-0.3, -0.25) is 4.79 Å². The lowest BCUT2D eigenvalue weighted by Gasteiger charge is -2.04. The maximum atomic E-state index is 12.3. The van der Waals surface area contributed by atoms with E-state index in [2.05, 4.69) is 0 Å². The molecule has 0 radical (unpaired) electrons. The fourth-order valence-electron chi connectivity index (χ4n) is 1.96. The van der Waals surface area contributed by atoms with E-state index in [-0.39, 0.29) is 12.1 Å². The highest BCUT2D eigenvalue weighted by atomic mass is 32.1. The van der Waals surface area contributed by atoms with Crippen LogP contribution in [0.25, 0.3) is 0 Å². The summed E-state index contributed by atoms with van der Waals surface area (Å²) in [6.07, 6.45) is -0.345. The van der Waals surface area contributed by atoms with Crippen LogP contribution in [-0.2, 0) is 9.47 Å². The highest BCUT2D eigenvalue weighted by Crippen LogP contribution is 2.30. The number of hydrogen-bond donors (Lipinski definition) is 0. The predicted molar refractivity (Wildman–Crippen MR) is 73.6 cm³/mol. The number of nitrogens with zero attached hydrogens (tertiary/aromatic N) is 1. The minimum atomic E-state index is -0.345. The zero-order valence-electron chi connectivity index (χ0n) is 10.5. The zero-order valence-corrected chi connectivity index (χ0v) is 11.4. The smallest absolute Gasteiger partial charge is 0.202 e. The maximum Gasteiger partial charge on any atom is 0.202 e. The third-order valence-corrected chi connectivity index (χ3v) is 4.09. The van der Waals surface area contributed by atoms with Gasteiger partial charge in [-0.25, -0.2) is 0 Å². The van der Waals surface area contributed by atoms with Gasteiger partial charge in [-0.15, -0.1) is 11.3 Å². The molecule has 20 heavy (non-hydrogen) atoms. The molecule has 0 atom stereocenters. The Labute approximate surface area is 120 Å². The summed E-state index contributed by atoms with van der Waals surface area (Å²) >= 11 is 1.38. The summed E-state index contributed by atoms with van der Waals surface area (Å²) < 4.78 is 10.8. The van der Waals surface area contributed by atoms with Gasteiger partial charge in [-0.1, -0.05) is 0 Å². The minimum absolute atomic E-state index is 0.0521. The van der Waals surface area contributed by atoms with Crippen molar-refractivity contribution in [3.63, 3.8) is 0 Å². The van der Waals surface area contributed by atoms with Gasteiger partial charge < -0.3 is 9.47 Å². The molecule has 100 valence electrons. The van der Waals surface area contributed by atoms with Crippen molar-refractivity contribution in [1.82, 2.24) is 0 Å². The second-order valence-corrected chi connectivity index (χ2v) is 5.41. The van der Waals surface area contributed by atoms with Gasteiger partial charge >= 0.3 is 0 Å². The molecule has 0 unspecified atom stereocenters. The third-order valence-electron chi connectivity index (χ3n) is 2.98. The van der Waals surface area contributed by atoms with Gasteiger partial charge in [0, 0.05) is 5.56 Å². The fraction of sp³-hybridized carbons (Fsp3) is 0.200. The molecule has 0 N–H and O–H groups in total. The van der Waals surface area contributed by atoms with Crippen LogP contribution in [0.15, 0.2) is 36.4 Å². The molecule has 1 fully saturated rings. The van der Waals surface area contributed by atoms with E-state index in [0.29, 0.717) is 29.2 Å². The van der Waals surface area contributed by atoms with Crippen LogP contribution >= 0.6 is 11.3 Å². The minimum Gasteiger partial charge on any atom is -0.345 e. The number of thiophene rings is 1. The van der Waals surface area contributed by atoms with E-state index in [1.54, 1.807) is 30.3 Å². The maximum absolute atomic E-state index is 12.3. The molecule has 2 heterocycles. The van der Waals surface area contributed by atoms with Crippen molar-refractivity contribution in [2.45, 2.75) is 6.29 Å². The molecule has 0 amide bonds. The molecular formula is C15H11NO3S. The number of hydrogen-bond acceptors (Lipinski definition) is 5. The number of nitriles is 1. The quantitative estimate of drug-likeness (QED) is 0.814. The molecule has 1 aromatic heterocycles. The largest absolute Gasteiger partial charge is 0.345 e. The fourth-order valence-corrected chi connectivity index (χ4v) is 2.93. The normalized spacial score (nSPS) is 15.2. The molecule has 0 spiro atoms. The van der Waals surface area contributed by atoms with Crippen molar-refractivity contribution in [3.05, 3.63) is 57.3 Å². The first-order valence-corrected chi connectivity index (χ1v) is 6.97. The van der Waals surface area contributed by atoms with Crippen LogP contribution in [0.5, 0.6) is 0 Å². The summed E-state index contributed by atoms with van der Waals surface area (Å²) in [7, 11) is 0. The van der Waals surface area contributed by atoms with Crippen LogP contribution in [0.3, 0.4) is 0 Å². The van der Waals surface area contributed by atoms with Crippen molar-refractivity contribution < 1.29 is 14.3 Å². The van der Waals surface area contributed by atoms with E-state index in [9.17, 15) is 4.79 Å². The van der Waals surface area contributed by atoms with Crippen molar-refractivity contribution in [1.29, 1.82) is 5.26 Å². The van der Waals surface area contributed by atoms with Crippen LogP contribution < -0.4 is 0 Å². The molecule has 1 saturated heterocycles. The Morgan fingerprint density at radius 2 is 1.85 bits per heavy atom. The Kier molecular flexibility index (Phi) is 3.61. The average Bonchev–Trinajstić information content (AvgIpc) is 3.17. The second kappa shape index (κ2) is 5.55. The Hall–Kier alpha value is -2.00. The van der Waals surface area contributed by atoms with Gasteiger partial charge in [0.15, 0.2) is 6.29 Å². The second-order valence-electron chi connectivity index (χ2n) is 4.29. The number of rotatable bonds is 3. The molecule has 1 aromatic carbocycles. The number of carbonyl (C=O) groups excluding carboxylic acids is 1. The lowest BCUT2D eigenvalue weighted by molar-refractivity contribution is -0.0413. The molecule has 1 aliphatic rings. The molecule has 5 heteroatoms. The zero-order chi connectivity index (χ0) is 13.9. The Bertz CT molecular complexity index is 663. The predicted octanol–water partition coefficient (Wildman–Crippen LogP) is 2.90. The molecule has 0 saturated carbocycles. The first kappa shape index (κ1) is 13.0. The van der Waals surface area contributed by atoms with Gasteiger partial charge in [0.25, 0.3) is 0 Å². The lowest BCUT2D eigenvalue weighted by atomic mass is 10.1. The molecule has 0 bridgehead atoms. The van der Waals surface area contributed by atoms with E-state index >= 15 is 0 Å². The summed E-state index contributed by atoms with van der Waals surface area (Å²) in [6.45, 7) is 1.17. The highest BCUT2D eigenvalue weighted by molar-refractivity contribution is 7.14. The number of benzene rings is 1. The van der Waals surface area contributed by atoms with Gasteiger partial charge in [-0.05, 0) is 36.4 Å². The first-order chi connectivity index (χ1) is 9.78. The number of ether oxygens (including phenoxy) is 2. The van der Waals surface area contributed by atoms with Crippen molar-refractivity contribution in [2.24, 2.45) is 0 Å². The van der Waals surface area contributed by atoms with Gasteiger partial charge in [0.2, 0.25) is 5.78 Å². The van der Waals surface area contributed by atoms with Crippen LogP contribution in [-0.4, -0.2) is 19.0 Å². The van der Waals surface area contributed by atoms with Crippen molar-refractivity contribution in [2.75, 3.05) is 13.2 Å². The van der Waals surface area contributed by atoms with E-state index in [1.807, 2.05) is 12.1 Å². The third kappa shape index (κ3) is 2.49. The standard InChI is InChI=1S/C15H11NO3S/c16-9-10-1-3-11(4-2-10)14(17)12-5-6-13(20-12)15-18-7-8-19-15/h1-6,15H,7-8H2. The van der Waals surface area contributed by atoms with Crippen molar-refractivity contribution >= 4 is 17.1 Å². The summed E-state index contributed by atoms with van der Waals surface area (Å²) in [5, 5.41) is 8.75. The van der Waals surface area contributed by atoms with E-state index in [1.165, 1.54) is 11.3 Å².